The standard InChI is InChI=1S/C34H31N7O9S2/c1-16-3-5-17(6-4-16)22-12-11-21(28(45)35-22)29(46)36-25(18-7-9-20(42)10-8-18)30(47)37-26-31(48)41-27(33(49)50)19(14-51-32(26)41)15-52-34-39-38-23(40(34)2)13-24(43)44/h3-12,25-26,32,42H,13-15H2,1-2H3,(H,35,45)(H,36,46)(H,37,47)(H,43,44)(H,49,50)/t25-,26?,32-/m1/s1. The van der Waals surface area contributed by atoms with Crippen LogP contribution < -0.4 is 16.2 Å². The van der Waals surface area contributed by atoms with Crippen molar-refractivity contribution < 1.29 is 39.3 Å². The molecule has 1 unspecified atom stereocenters. The summed E-state index contributed by atoms with van der Waals surface area (Å²) in [5.74, 6) is -4.29. The maximum absolute atomic E-state index is 13.8. The molecule has 16 nitrogen and oxygen atoms in total. The van der Waals surface area contributed by atoms with Gasteiger partial charge in [-0.2, -0.15) is 0 Å². The summed E-state index contributed by atoms with van der Waals surface area (Å²) in [7, 11) is 1.60. The highest BCUT2D eigenvalue weighted by atomic mass is 32.2. The molecule has 4 heterocycles. The van der Waals surface area contributed by atoms with Crippen molar-refractivity contribution in [1.29, 1.82) is 0 Å². The minimum absolute atomic E-state index is 0.0948. The number of aliphatic carboxylic acids is 2. The Hall–Kier alpha value is -5.88. The number of nitrogens with zero attached hydrogens (tertiary/aromatic N) is 4. The number of phenolic OH excluding ortho intramolecular Hbond substituents is 1. The van der Waals surface area contributed by atoms with Crippen molar-refractivity contribution in [3.05, 3.63) is 105 Å². The van der Waals surface area contributed by atoms with Crippen LogP contribution in [-0.2, 0) is 32.6 Å². The fourth-order valence-corrected chi connectivity index (χ4v) is 8.09. The Morgan fingerprint density at radius 2 is 1.73 bits per heavy atom. The van der Waals surface area contributed by atoms with Crippen LogP contribution in [0.1, 0.15) is 33.4 Å². The van der Waals surface area contributed by atoms with Crippen molar-refractivity contribution in [2.24, 2.45) is 7.05 Å². The van der Waals surface area contributed by atoms with Gasteiger partial charge < -0.3 is 35.5 Å². The lowest BCUT2D eigenvalue weighted by atomic mass is 10.0. The first kappa shape index (κ1) is 35.9. The molecule has 0 aliphatic carbocycles. The third-order valence-corrected chi connectivity index (χ3v) is 10.9. The van der Waals surface area contributed by atoms with Gasteiger partial charge in [-0.1, -0.05) is 53.7 Å². The van der Waals surface area contributed by atoms with Crippen LogP contribution in [0.25, 0.3) is 11.3 Å². The number of rotatable bonds is 12. The van der Waals surface area contributed by atoms with E-state index in [4.69, 9.17) is 5.11 Å². The Labute approximate surface area is 303 Å². The molecule has 0 radical (unpaired) electrons. The van der Waals surface area contributed by atoms with Crippen molar-refractivity contribution >= 4 is 53.2 Å². The molecule has 268 valence electrons. The molecule has 0 saturated carbocycles. The summed E-state index contributed by atoms with van der Waals surface area (Å²) < 4.78 is 1.50. The molecule has 1 fully saturated rings. The number of aryl methyl sites for hydroxylation is 1. The van der Waals surface area contributed by atoms with E-state index >= 15 is 0 Å². The first-order valence-electron chi connectivity index (χ1n) is 15.7. The molecule has 6 rings (SSSR count). The van der Waals surface area contributed by atoms with E-state index in [2.05, 4.69) is 25.8 Å². The summed E-state index contributed by atoms with van der Waals surface area (Å²) >= 11 is 2.38. The third-order valence-electron chi connectivity index (χ3n) is 8.44. The van der Waals surface area contributed by atoms with Crippen LogP contribution in [0.15, 0.2) is 81.9 Å². The number of benzene rings is 2. The molecule has 3 atom stereocenters. The Morgan fingerprint density at radius 3 is 2.38 bits per heavy atom. The number of H-pyrrole nitrogens is 1. The SMILES string of the molecule is Cc1ccc(-c2ccc(C(=O)N[C@@H](C(=O)NC3C(=O)N4C(C(=O)O)=C(CSc5nnc(CC(=O)O)n5C)CS[C@H]34)c3ccc(O)cc3)c(=O)[nH]2)cc1. The van der Waals surface area contributed by atoms with Gasteiger partial charge in [0.25, 0.3) is 17.4 Å². The molecule has 3 amide bonds. The van der Waals surface area contributed by atoms with E-state index < -0.39 is 52.7 Å². The molecule has 2 aromatic heterocycles. The fourth-order valence-electron chi connectivity index (χ4n) is 5.67. The van der Waals surface area contributed by atoms with Crippen LogP contribution in [0.2, 0.25) is 0 Å². The van der Waals surface area contributed by atoms with Gasteiger partial charge in [0.05, 0.1) is 0 Å². The van der Waals surface area contributed by atoms with E-state index in [0.717, 1.165) is 27.8 Å². The van der Waals surface area contributed by atoms with Gasteiger partial charge >= 0.3 is 11.9 Å². The number of aromatic hydroxyl groups is 1. The zero-order valence-corrected chi connectivity index (χ0v) is 29.2. The normalized spacial score (nSPS) is 17.2. The lowest BCUT2D eigenvalue weighted by molar-refractivity contribution is -0.151. The molecule has 2 aromatic carbocycles. The quantitative estimate of drug-likeness (QED) is 0.0898. The number of amides is 3. The predicted molar refractivity (Wildman–Crippen MR) is 188 cm³/mol. The summed E-state index contributed by atoms with van der Waals surface area (Å²) in [6.07, 6.45) is -0.336. The van der Waals surface area contributed by atoms with Crippen LogP contribution >= 0.6 is 23.5 Å². The summed E-state index contributed by atoms with van der Waals surface area (Å²) in [6, 6.07) is 13.2. The van der Waals surface area contributed by atoms with Gasteiger partial charge in [-0.05, 0) is 47.9 Å². The first-order chi connectivity index (χ1) is 24.8. The number of carbonyl (C=O) groups excluding carboxylic acids is 3. The average molecular weight is 746 g/mol. The van der Waals surface area contributed by atoms with Crippen LogP contribution in [0.5, 0.6) is 5.75 Å². The second kappa shape index (κ2) is 14.8. The molecule has 4 aromatic rings. The van der Waals surface area contributed by atoms with Crippen LogP contribution in [-0.4, -0.2) is 92.5 Å². The lowest BCUT2D eigenvalue weighted by Crippen LogP contribution is -2.71. The van der Waals surface area contributed by atoms with Crippen molar-refractivity contribution in [2.45, 2.75) is 36.0 Å². The summed E-state index contributed by atoms with van der Waals surface area (Å²) in [6.45, 7) is 1.93. The number of hydrogen-bond donors (Lipinski definition) is 6. The highest BCUT2D eigenvalue weighted by Gasteiger charge is 2.54. The predicted octanol–water partition coefficient (Wildman–Crippen LogP) is 1.81. The van der Waals surface area contributed by atoms with E-state index in [-0.39, 0.29) is 46.3 Å². The van der Waals surface area contributed by atoms with Crippen molar-refractivity contribution in [3.63, 3.8) is 0 Å². The van der Waals surface area contributed by atoms with Crippen molar-refractivity contribution in [3.8, 4) is 17.0 Å². The number of phenols is 1. The molecule has 52 heavy (non-hydrogen) atoms. The van der Waals surface area contributed by atoms with Gasteiger partial charge in [-0.3, -0.25) is 28.9 Å². The van der Waals surface area contributed by atoms with Crippen molar-refractivity contribution in [2.75, 3.05) is 11.5 Å². The molecule has 1 saturated heterocycles. The third kappa shape index (κ3) is 7.28. The first-order valence-corrected chi connectivity index (χ1v) is 17.7. The van der Waals surface area contributed by atoms with E-state index in [1.54, 1.807) is 13.1 Å². The number of carbonyl (C=O) groups is 5. The highest BCUT2D eigenvalue weighted by molar-refractivity contribution is 8.01. The molecule has 6 N–H and O–H groups in total. The second-order valence-electron chi connectivity index (χ2n) is 11.9. The molecule has 2 aliphatic heterocycles. The van der Waals surface area contributed by atoms with Gasteiger partial charge in [0.15, 0.2) is 5.16 Å². The Bertz CT molecular complexity index is 2180. The van der Waals surface area contributed by atoms with Crippen LogP contribution in [0.4, 0.5) is 0 Å². The molecule has 18 heteroatoms. The number of fused-ring (bicyclic) bond motifs is 1. The maximum Gasteiger partial charge on any atom is 0.352 e. The minimum Gasteiger partial charge on any atom is -0.508 e. The molecule has 2 aliphatic rings. The zero-order chi connectivity index (χ0) is 37.3. The Balaban J connectivity index is 1.18. The topological polar surface area (TPSA) is 237 Å². The van der Waals surface area contributed by atoms with Crippen molar-refractivity contribution in [1.82, 2.24) is 35.3 Å². The largest absolute Gasteiger partial charge is 0.508 e. The average Bonchev–Trinajstić information content (AvgIpc) is 3.45. The van der Waals surface area contributed by atoms with E-state index in [1.807, 2.05) is 31.2 Å². The molecule has 0 spiro atoms. The van der Waals surface area contributed by atoms with E-state index in [1.165, 1.54) is 46.7 Å². The van der Waals surface area contributed by atoms with Gasteiger partial charge in [0.1, 0.15) is 46.7 Å². The van der Waals surface area contributed by atoms with E-state index in [9.17, 15) is 39.0 Å². The number of nitrogens with one attached hydrogen (secondary N) is 3. The second-order valence-corrected chi connectivity index (χ2v) is 14.0. The number of thioether (sulfide) groups is 2. The van der Waals surface area contributed by atoms with Gasteiger partial charge in [-0.15, -0.1) is 22.0 Å². The monoisotopic (exact) mass is 745 g/mol. The summed E-state index contributed by atoms with van der Waals surface area (Å²) in [5.41, 5.74) is 1.75. The van der Waals surface area contributed by atoms with Gasteiger partial charge in [0, 0.05) is 24.2 Å². The van der Waals surface area contributed by atoms with E-state index in [0.29, 0.717) is 16.4 Å². The number of carboxylic acids is 2. The zero-order valence-electron chi connectivity index (χ0n) is 27.5. The number of hydrogen-bond acceptors (Lipinski definition) is 11. The number of aromatic nitrogens is 4. The molecule has 0 bridgehead atoms. The maximum atomic E-state index is 13.8. The summed E-state index contributed by atoms with van der Waals surface area (Å²) in [4.78, 5) is 80.9. The number of β-lactam (4-membered cyclic amide) rings is 1. The van der Waals surface area contributed by atoms with Gasteiger partial charge in [0.2, 0.25) is 5.91 Å². The van der Waals surface area contributed by atoms with Crippen LogP contribution in [0, 0.1) is 6.92 Å². The lowest BCUT2D eigenvalue weighted by Gasteiger charge is -2.49. The summed E-state index contributed by atoms with van der Waals surface area (Å²) in [5, 5.41) is 41.7. The highest BCUT2D eigenvalue weighted by Crippen LogP contribution is 2.41. The van der Waals surface area contributed by atoms with Crippen LogP contribution in [0.3, 0.4) is 0 Å². The minimum atomic E-state index is -1.40. The van der Waals surface area contributed by atoms with Gasteiger partial charge in [-0.25, -0.2) is 4.79 Å². The smallest absolute Gasteiger partial charge is 0.352 e. The number of aromatic amines is 1. The Kier molecular flexibility index (Phi) is 10.2. The fraction of sp³-hybridized carbons (Fsp3) is 0.235. The Morgan fingerprint density at radius 1 is 1.02 bits per heavy atom. The molecular weight excluding hydrogens is 715 g/mol. The molecular formula is C34H31N7O9S2. The number of carboxylic acid groups (broad SMARTS) is 2. The number of pyridine rings is 1.